The zero-order valence-corrected chi connectivity index (χ0v) is 17.6. The number of anilines is 1. The van der Waals surface area contributed by atoms with Crippen molar-refractivity contribution in [3.8, 4) is 0 Å². The number of benzene rings is 1. The number of amides is 1. The molecule has 1 amide bonds. The van der Waals surface area contributed by atoms with Crippen LogP contribution in [0.15, 0.2) is 49.2 Å². The number of nitrogens with one attached hydrogen (secondary N) is 2. The number of carbonyl (C=O) groups excluding carboxylic acids is 1. The molecule has 0 unspecified atom stereocenters. The van der Waals surface area contributed by atoms with Crippen LogP contribution in [0.4, 0.5) is 5.95 Å². The summed E-state index contributed by atoms with van der Waals surface area (Å²) in [4.78, 5) is 30.9. The largest absolute Gasteiger partial charge is 0.351 e. The van der Waals surface area contributed by atoms with E-state index >= 15 is 0 Å². The molecule has 1 fully saturated rings. The second kappa shape index (κ2) is 8.88. The average Bonchev–Trinajstić information content (AvgIpc) is 3.48. The number of imidazole rings is 1. The molecule has 0 bridgehead atoms. The Balaban J connectivity index is 1.07. The predicted octanol–water partition coefficient (Wildman–Crippen LogP) is 3.12. The Bertz CT molecular complexity index is 984. The third-order valence-electron chi connectivity index (χ3n) is 6.52. The lowest BCUT2D eigenvalue weighted by Crippen LogP contribution is -2.38. The summed E-state index contributed by atoms with van der Waals surface area (Å²) in [5.74, 6) is 1.36. The van der Waals surface area contributed by atoms with Gasteiger partial charge in [-0.05, 0) is 48.8 Å². The highest BCUT2D eigenvalue weighted by molar-refractivity contribution is 5.76. The molecule has 1 aromatic carbocycles. The molecule has 7 nitrogen and oxygen atoms in total. The van der Waals surface area contributed by atoms with Gasteiger partial charge in [0.05, 0.1) is 6.33 Å². The number of piperidine rings is 1. The van der Waals surface area contributed by atoms with Crippen molar-refractivity contribution >= 4 is 11.9 Å². The maximum absolute atomic E-state index is 12.6. The topological polar surface area (TPSA) is 86.8 Å². The van der Waals surface area contributed by atoms with Crippen LogP contribution in [0.3, 0.4) is 0 Å². The number of carbonyl (C=O) groups is 1. The Hall–Kier alpha value is -3.22. The van der Waals surface area contributed by atoms with Crippen molar-refractivity contribution in [3.63, 3.8) is 0 Å². The SMILES string of the molecule is O=C(CCc1cnc(NC2Cc3ccccc3C2)nc1)N1CCC(c2cnc[nH]2)CC1. The summed E-state index contributed by atoms with van der Waals surface area (Å²) < 4.78 is 0. The first-order valence-corrected chi connectivity index (χ1v) is 11.1. The number of fused-ring (bicyclic) bond motifs is 1. The number of aryl methyl sites for hydroxylation is 1. The second-order valence-electron chi connectivity index (χ2n) is 8.60. The van der Waals surface area contributed by atoms with Gasteiger partial charge in [0.15, 0.2) is 0 Å². The van der Waals surface area contributed by atoms with E-state index in [1.165, 1.54) is 16.8 Å². The minimum atomic E-state index is 0.217. The lowest BCUT2D eigenvalue weighted by atomic mass is 9.94. The zero-order chi connectivity index (χ0) is 21.0. The van der Waals surface area contributed by atoms with Crippen LogP contribution in [0.5, 0.6) is 0 Å². The third kappa shape index (κ3) is 4.60. The van der Waals surface area contributed by atoms with Crippen molar-refractivity contribution in [1.29, 1.82) is 0 Å². The molecule has 3 aromatic rings. The monoisotopic (exact) mass is 416 g/mol. The lowest BCUT2D eigenvalue weighted by Gasteiger charge is -2.31. The molecule has 160 valence electrons. The lowest BCUT2D eigenvalue weighted by molar-refractivity contribution is -0.132. The molecule has 2 aliphatic rings. The molecule has 3 heterocycles. The minimum absolute atomic E-state index is 0.217. The zero-order valence-electron chi connectivity index (χ0n) is 17.6. The van der Waals surface area contributed by atoms with Crippen LogP contribution in [0, 0.1) is 0 Å². The summed E-state index contributed by atoms with van der Waals surface area (Å²) in [6.07, 6.45) is 12.5. The summed E-state index contributed by atoms with van der Waals surface area (Å²) in [6.45, 7) is 1.62. The van der Waals surface area contributed by atoms with E-state index in [1.54, 1.807) is 6.33 Å². The van der Waals surface area contributed by atoms with E-state index in [0.29, 0.717) is 30.7 Å². The van der Waals surface area contributed by atoms with Crippen molar-refractivity contribution in [2.75, 3.05) is 18.4 Å². The number of hydrogen-bond acceptors (Lipinski definition) is 5. The Labute approximate surface area is 182 Å². The van der Waals surface area contributed by atoms with E-state index in [0.717, 1.165) is 44.3 Å². The van der Waals surface area contributed by atoms with Gasteiger partial charge in [-0.2, -0.15) is 0 Å². The summed E-state index contributed by atoms with van der Waals surface area (Å²) in [5.41, 5.74) is 4.99. The molecule has 7 heteroatoms. The summed E-state index contributed by atoms with van der Waals surface area (Å²) in [6, 6.07) is 8.91. The predicted molar refractivity (Wildman–Crippen MR) is 119 cm³/mol. The molecule has 0 saturated carbocycles. The molecule has 5 rings (SSSR count). The van der Waals surface area contributed by atoms with Gasteiger partial charge < -0.3 is 15.2 Å². The average molecular weight is 417 g/mol. The second-order valence-corrected chi connectivity index (χ2v) is 8.60. The maximum atomic E-state index is 12.6. The summed E-state index contributed by atoms with van der Waals surface area (Å²) >= 11 is 0. The summed E-state index contributed by atoms with van der Waals surface area (Å²) in [5, 5.41) is 3.44. The van der Waals surface area contributed by atoms with Gasteiger partial charge in [0.25, 0.3) is 0 Å². The Kier molecular flexibility index (Phi) is 5.65. The number of likely N-dealkylation sites (tertiary alicyclic amines) is 1. The number of aromatic amines is 1. The van der Waals surface area contributed by atoms with E-state index in [2.05, 4.69) is 49.5 Å². The highest BCUT2D eigenvalue weighted by Crippen LogP contribution is 2.27. The maximum Gasteiger partial charge on any atom is 0.222 e. The molecular weight excluding hydrogens is 388 g/mol. The van der Waals surface area contributed by atoms with Crippen LogP contribution in [0.2, 0.25) is 0 Å². The van der Waals surface area contributed by atoms with Crippen molar-refractivity contribution < 1.29 is 4.79 Å². The number of rotatable bonds is 6. The van der Waals surface area contributed by atoms with E-state index in [-0.39, 0.29) is 5.91 Å². The van der Waals surface area contributed by atoms with Gasteiger partial charge in [-0.3, -0.25) is 4.79 Å². The van der Waals surface area contributed by atoms with Crippen molar-refractivity contribution in [2.45, 2.75) is 50.5 Å². The first-order valence-electron chi connectivity index (χ1n) is 11.1. The molecule has 0 radical (unpaired) electrons. The Morgan fingerprint density at radius 1 is 1.06 bits per heavy atom. The van der Waals surface area contributed by atoms with Gasteiger partial charge in [-0.15, -0.1) is 0 Å². The Morgan fingerprint density at radius 2 is 1.77 bits per heavy atom. The van der Waals surface area contributed by atoms with E-state index in [1.807, 2.05) is 23.5 Å². The number of H-pyrrole nitrogens is 1. The van der Waals surface area contributed by atoms with Gasteiger partial charge >= 0.3 is 0 Å². The molecule has 0 spiro atoms. The molecule has 1 saturated heterocycles. The molecule has 31 heavy (non-hydrogen) atoms. The van der Waals surface area contributed by atoms with E-state index < -0.39 is 0 Å². The Morgan fingerprint density at radius 3 is 2.42 bits per heavy atom. The number of hydrogen-bond donors (Lipinski definition) is 2. The standard InChI is InChI=1S/C24H28N6O/c31-23(30-9-7-18(8-10-30)22-15-25-16-28-22)6-5-17-13-26-24(27-14-17)29-21-11-19-3-1-2-4-20(19)12-21/h1-4,13-16,18,21H,5-12H2,(H,25,28)(H,26,27,29). The fourth-order valence-corrected chi connectivity index (χ4v) is 4.74. The van der Waals surface area contributed by atoms with Crippen LogP contribution < -0.4 is 5.32 Å². The first kappa shape index (κ1) is 19.7. The van der Waals surface area contributed by atoms with Gasteiger partial charge in [0, 0.05) is 55.8 Å². The minimum Gasteiger partial charge on any atom is -0.351 e. The van der Waals surface area contributed by atoms with Gasteiger partial charge in [-0.25, -0.2) is 15.0 Å². The summed E-state index contributed by atoms with van der Waals surface area (Å²) in [7, 11) is 0. The first-order chi connectivity index (χ1) is 15.2. The van der Waals surface area contributed by atoms with Crippen molar-refractivity contribution in [1.82, 2.24) is 24.8 Å². The van der Waals surface area contributed by atoms with E-state index in [9.17, 15) is 4.79 Å². The molecule has 1 aliphatic carbocycles. The van der Waals surface area contributed by atoms with Crippen molar-refractivity contribution in [3.05, 3.63) is 71.6 Å². The fraction of sp³-hybridized carbons (Fsp3) is 0.417. The quantitative estimate of drug-likeness (QED) is 0.645. The molecule has 2 aromatic heterocycles. The van der Waals surface area contributed by atoms with Gasteiger partial charge in [0.2, 0.25) is 11.9 Å². The van der Waals surface area contributed by atoms with E-state index in [4.69, 9.17) is 0 Å². The van der Waals surface area contributed by atoms with Crippen LogP contribution in [-0.4, -0.2) is 49.9 Å². The van der Waals surface area contributed by atoms with Crippen molar-refractivity contribution in [2.24, 2.45) is 0 Å². The number of aromatic nitrogens is 4. The highest BCUT2D eigenvalue weighted by atomic mass is 16.2. The highest BCUT2D eigenvalue weighted by Gasteiger charge is 2.24. The normalized spacial score (nSPS) is 17.0. The molecular formula is C24H28N6O. The smallest absolute Gasteiger partial charge is 0.222 e. The molecule has 1 aliphatic heterocycles. The van der Waals surface area contributed by atoms with Crippen LogP contribution >= 0.6 is 0 Å². The van der Waals surface area contributed by atoms with Gasteiger partial charge in [0.1, 0.15) is 0 Å². The third-order valence-corrected chi connectivity index (χ3v) is 6.52. The van der Waals surface area contributed by atoms with Crippen LogP contribution in [0.1, 0.15) is 47.6 Å². The fourth-order valence-electron chi connectivity index (χ4n) is 4.74. The van der Waals surface area contributed by atoms with Crippen LogP contribution in [0.25, 0.3) is 0 Å². The van der Waals surface area contributed by atoms with Crippen LogP contribution in [-0.2, 0) is 24.1 Å². The van der Waals surface area contributed by atoms with Gasteiger partial charge in [-0.1, -0.05) is 24.3 Å². The number of nitrogens with zero attached hydrogens (tertiary/aromatic N) is 4. The molecule has 2 N–H and O–H groups in total. The molecule has 0 atom stereocenters.